The van der Waals surface area contributed by atoms with Crippen molar-refractivity contribution in [1.82, 2.24) is 14.8 Å². The highest BCUT2D eigenvalue weighted by atomic mass is 35.5. The Balaban J connectivity index is 1.74. The minimum absolute atomic E-state index is 0.657. The van der Waals surface area contributed by atoms with Crippen molar-refractivity contribution >= 4 is 35.5 Å². The number of nitrogens with zero attached hydrogens (tertiary/aromatic N) is 4. The van der Waals surface area contributed by atoms with Crippen LogP contribution in [-0.4, -0.2) is 25.7 Å². The zero-order valence-corrected chi connectivity index (χ0v) is 12.9. The SMILES string of the molecule is Clc1ccc2c(c1)/[N+](=C/C=C/c1ccccc1)Nc1nncn1-2. The second kappa shape index (κ2) is 5.70. The molecule has 0 saturated carbocycles. The first-order valence-corrected chi connectivity index (χ1v) is 7.51. The summed E-state index contributed by atoms with van der Waals surface area (Å²) in [5.41, 5.74) is 6.24. The third kappa shape index (κ3) is 2.62. The Morgan fingerprint density at radius 2 is 2.00 bits per heavy atom. The summed E-state index contributed by atoms with van der Waals surface area (Å²) in [7, 11) is 0. The van der Waals surface area contributed by atoms with Gasteiger partial charge in [-0.2, -0.15) is 0 Å². The lowest BCUT2D eigenvalue weighted by molar-refractivity contribution is -0.401. The lowest BCUT2D eigenvalue weighted by Crippen LogP contribution is -2.23. The number of hydrogen-bond donors (Lipinski definition) is 1. The molecule has 0 fully saturated rings. The predicted octanol–water partition coefficient (Wildman–Crippen LogP) is 3.69. The van der Waals surface area contributed by atoms with Gasteiger partial charge in [-0.3, -0.25) is 4.57 Å². The van der Waals surface area contributed by atoms with Gasteiger partial charge in [0.1, 0.15) is 12.0 Å². The summed E-state index contributed by atoms with van der Waals surface area (Å²) < 4.78 is 3.77. The molecule has 23 heavy (non-hydrogen) atoms. The third-order valence-corrected chi connectivity index (χ3v) is 3.78. The summed E-state index contributed by atoms with van der Waals surface area (Å²) in [5.74, 6) is 0.657. The van der Waals surface area contributed by atoms with Crippen molar-refractivity contribution in [2.24, 2.45) is 0 Å². The third-order valence-electron chi connectivity index (χ3n) is 3.55. The van der Waals surface area contributed by atoms with Gasteiger partial charge in [0.05, 0.1) is 0 Å². The van der Waals surface area contributed by atoms with Crippen LogP contribution in [0.25, 0.3) is 11.8 Å². The molecule has 112 valence electrons. The minimum Gasteiger partial charge on any atom is -0.257 e. The van der Waals surface area contributed by atoms with Crippen LogP contribution < -0.4 is 5.43 Å². The fourth-order valence-corrected chi connectivity index (χ4v) is 2.64. The van der Waals surface area contributed by atoms with Crippen LogP contribution in [0.1, 0.15) is 5.56 Å². The van der Waals surface area contributed by atoms with Crippen LogP contribution in [0.2, 0.25) is 5.02 Å². The van der Waals surface area contributed by atoms with Crippen LogP contribution in [0.5, 0.6) is 0 Å². The lowest BCUT2D eigenvalue weighted by atomic mass is 10.2. The van der Waals surface area contributed by atoms with Gasteiger partial charge in [-0.1, -0.05) is 46.6 Å². The molecule has 1 aliphatic heterocycles. The molecule has 2 heterocycles. The molecule has 0 bridgehead atoms. The number of rotatable bonds is 2. The van der Waals surface area contributed by atoms with Crippen LogP contribution >= 0.6 is 11.6 Å². The van der Waals surface area contributed by atoms with E-state index in [4.69, 9.17) is 11.6 Å². The zero-order chi connectivity index (χ0) is 15.6. The van der Waals surface area contributed by atoms with Gasteiger partial charge in [0.15, 0.2) is 0 Å². The molecule has 5 nitrogen and oxygen atoms in total. The van der Waals surface area contributed by atoms with Crippen LogP contribution in [-0.2, 0) is 0 Å². The number of fused-ring (bicyclic) bond motifs is 3. The van der Waals surface area contributed by atoms with Gasteiger partial charge in [0.25, 0.3) is 11.6 Å². The number of aromatic nitrogens is 3. The molecule has 1 aromatic heterocycles. The lowest BCUT2D eigenvalue weighted by Gasteiger charge is -2.15. The van der Waals surface area contributed by atoms with Gasteiger partial charge in [0.2, 0.25) is 6.21 Å². The monoisotopic (exact) mass is 322 g/mol. The Kier molecular flexibility index (Phi) is 3.40. The Morgan fingerprint density at radius 3 is 2.87 bits per heavy atom. The van der Waals surface area contributed by atoms with Gasteiger partial charge in [0, 0.05) is 17.2 Å². The van der Waals surface area contributed by atoms with Gasteiger partial charge in [-0.05, 0) is 23.8 Å². The highest BCUT2D eigenvalue weighted by Gasteiger charge is 2.26. The fraction of sp³-hybridized carbons (Fsp3) is 0. The molecule has 6 heteroatoms. The van der Waals surface area contributed by atoms with E-state index in [9.17, 15) is 0 Å². The van der Waals surface area contributed by atoms with Crippen LogP contribution in [0, 0.1) is 0 Å². The maximum atomic E-state index is 6.15. The molecule has 2 aromatic carbocycles. The number of benzene rings is 2. The topological polar surface area (TPSA) is 45.8 Å². The Bertz CT molecular complexity index is 912. The van der Waals surface area contributed by atoms with Gasteiger partial charge in [-0.15, -0.1) is 15.6 Å². The molecular formula is C17H13ClN5+. The van der Waals surface area contributed by atoms with Crippen molar-refractivity contribution in [3.8, 4) is 5.69 Å². The molecule has 0 radical (unpaired) electrons. The highest BCUT2D eigenvalue weighted by molar-refractivity contribution is 6.30. The molecule has 0 atom stereocenters. The first-order valence-electron chi connectivity index (χ1n) is 7.14. The second-order valence-corrected chi connectivity index (χ2v) is 5.49. The summed E-state index contributed by atoms with van der Waals surface area (Å²) in [6.07, 6.45) is 7.61. The molecule has 3 aromatic rings. The van der Waals surface area contributed by atoms with E-state index in [0.29, 0.717) is 11.0 Å². The molecule has 1 aliphatic rings. The first kappa shape index (κ1) is 13.7. The molecule has 4 rings (SSSR count). The van der Waals surface area contributed by atoms with E-state index in [-0.39, 0.29) is 0 Å². The van der Waals surface area contributed by atoms with E-state index in [0.717, 1.165) is 16.9 Å². The minimum atomic E-state index is 0.657. The highest BCUT2D eigenvalue weighted by Crippen LogP contribution is 2.31. The summed E-state index contributed by atoms with van der Waals surface area (Å²) in [6, 6.07) is 15.8. The Morgan fingerprint density at radius 1 is 1.13 bits per heavy atom. The van der Waals surface area contributed by atoms with E-state index < -0.39 is 0 Å². The maximum Gasteiger partial charge on any atom is 0.284 e. The standard InChI is InChI=1S/C17H13ClN5/c18-14-8-9-15-16(11-14)23(21-17-20-19-12-22(15)17)10-4-7-13-5-2-1-3-6-13/h1-12H,(H,20,21)/q+1/b7-4+,23-10-. The van der Waals surface area contributed by atoms with Crippen LogP contribution in [0.3, 0.4) is 0 Å². The van der Waals surface area contributed by atoms with Crippen LogP contribution in [0.4, 0.5) is 11.6 Å². The molecule has 0 spiro atoms. The average molecular weight is 323 g/mol. The van der Waals surface area contributed by atoms with Crippen molar-refractivity contribution in [1.29, 1.82) is 0 Å². The molecule has 0 unspecified atom stereocenters. The fourth-order valence-electron chi connectivity index (χ4n) is 2.47. The number of nitrogens with one attached hydrogen (secondary N) is 1. The van der Waals surface area contributed by atoms with Gasteiger partial charge >= 0.3 is 0 Å². The average Bonchev–Trinajstić information content (AvgIpc) is 3.04. The van der Waals surface area contributed by atoms with E-state index in [1.54, 1.807) is 6.33 Å². The summed E-state index contributed by atoms with van der Waals surface area (Å²) in [6.45, 7) is 0. The van der Waals surface area contributed by atoms with Gasteiger partial charge in [-0.25, -0.2) is 0 Å². The van der Waals surface area contributed by atoms with Crippen LogP contribution in [0.15, 0.2) is 60.9 Å². The van der Waals surface area contributed by atoms with E-state index in [1.807, 2.05) is 64.0 Å². The molecule has 1 N–H and O–H groups in total. The Labute approximate surface area is 138 Å². The molecular weight excluding hydrogens is 310 g/mol. The second-order valence-electron chi connectivity index (χ2n) is 5.06. The number of anilines is 1. The largest absolute Gasteiger partial charge is 0.284 e. The quantitative estimate of drug-likeness (QED) is 0.732. The normalized spacial score (nSPS) is 14.6. The smallest absolute Gasteiger partial charge is 0.257 e. The van der Waals surface area contributed by atoms with Crippen molar-refractivity contribution in [3.05, 3.63) is 71.5 Å². The number of allylic oxidation sites excluding steroid dienone is 1. The number of hydrazine groups is 1. The van der Waals surface area contributed by atoms with Crippen molar-refractivity contribution < 1.29 is 4.68 Å². The predicted molar refractivity (Wildman–Crippen MR) is 91.5 cm³/mol. The Hall–Kier alpha value is -2.92. The van der Waals surface area contributed by atoms with Crippen molar-refractivity contribution in [3.63, 3.8) is 0 Å². The first-order chi connectivity index (χ1) is 11.3. The summed E-state index contributed by atoms with van der Waals surface area (Å²) >= 11 is 6.15. The molecule has 0 saturated heterocycles. The van der Waals surface area contributed by atoms with Gasteiger partial charge < -0.3 is 0 Å². The van der Waals surface area contributed by atoms with Crippen molar-refractivity contribution in [2.45, 2.75) is 0 Å². The number of hydrazone groups is 1. The van der Waals surface area contributed by atoms with E-state index >= 15 is 0 Å². The summed E-state index contributed by atoms with van der Waals surface area (Å²) in [5, 5.41) is 8.70. The molecule has 0 aliphatic carbocycles. The maximum absolute atomic E-state index is 6.15. The van der Waals surface area contributed by atoms with E-state index in [2.05, 4.69) is 27.8 Å². The zero-order valence-electron chi connectivity index (χ0n) is 12.1. The van der Waals surface area contributed by atoms with Crippen molar-refractivity contribution in [2.75, 3.05) is 5.43 Å². The number of hydrogen-bond acceptors (Lipinski definition) is 3. The summed E-state index contributed by atoms with van der Waals surface area (Å²) in [4.78, 5) is 0. The van der Waals surface area contributed by atoms with E-state index in [1.165, 1.54) is 0 Å². The number of halogens is 1. The molecule has 0 amide bonds.